The molecular formula is C15H15FINO. The molecule has 0 heterocycles. The lowest BCUT2D eigenvalue weighted by Gasteiger charge is -2.16. The van der Waals surface area contributed by atoms with E-state index >= 15 is 0 Å². The summed E-state index contributed by atoms with van der Waals surface area (Å²) in [5.41, 5.74) is 2.02. The largest absolute Gasteiger partial charge is 0.494 e. The van der Waals surface area contributed by atoms with Crippen molar-refractivity contribution < 1.29 is 9.13 Å². The van der Waals surface area contributed by atoms with Crippen molar-refractivity contribution in [2.24, 2.45) is 0 Å². The van der Waals surface area contributed by atoms with Gasteiger partial charge in [0.2, 0.25) is 0 Å². The van der Waals surface area contributed by atoms with Crippen LogP contribution in [-0.4, -0.2) is 7.11 Å². The molecule has 4 heteroatoms. The zero-order valence-electron chi connectivity index (χ0n) is 10.8. The van der Waals surface area contributed by atoms with Gasteiger partial charge < -0.3 is 10.1 Å². The van der Waals surface area contributed by atoms with Gasteiger partial charge in [0.15, 0.2) is 11.6 Å². The van der Waals surface area contributed by atoms with E-state index < -0.39 is 0 Å². The van der Waals surface area contributed by atoms with Crippen LogP contribution >= 0.6 is 22.6 Å². The van der Waals surface area contributed by atoms with Crippen LogP contribution in [0, 0.1) is 9.39 Å². The highest BCUT2D eigenvalue weighted by atomic mass is 127. The molecule has 100 valence electrons. The highest BCUT2D eigenvalue weighted by Crippen LogP contribution is 2.25. The summed E-state index contributed by atoms with van der Waals surface area (Å²) in [5.74, 6) is -0.102. The van der Waals surface area contributed by atoms with Crippen molar-refractivity contribution in [3.05, 3.63) is 57.4 Å². The van der Waals surface area contributed by atoms with Gasteiger partial charge in [0.1, 0.15) is 0 Å². The first-order chi connectivity index (χ1) is 9.10. The third kappa shape index (κ3) is 3.59. The molecule has 19 heavy (non-hydrogen) atoms. The molecule has 0 radical (unpaired) electrons. The lowest BCUT2D eigenvalue weighted by Crippen LogP contribution is -2.06. The minimum Gasteiger partial charge on any atom is -0.494 e. The third-order valence-electron chi connectivity index (χ3n) is 2.90. The maximum absolute atomic E-state index is 13.3. The lowest BCUT2D eigenvalue weighted by molar-refractivity contribution is 0.387. The molecule has 0 saturated heterocycles. The molecule has 0 amide bonds. The number of methoxy groups -OCH3 is 1. The number of ether oxygens (including phenoxy) is 1. The Balaban J connectivity index is 2.14. The van der Waals surface area contributed by atoms with E-state index in [0.717, 1.165) is 5.69 Å². The Morgan fingerprint density at radius 1 is 1.16 bits per heavy atom. The van der Waals surface area contributed by atoms with Gasteiger partial charge >= 0.3 is 0 Å². The fourth-order valence-corrected chi connectivity index (χ4v) is 2.19. The molecular weight excluding hydrogens is 356 g/mol. The molecule has 2 rings (SSSR count). The van der Waals surface area contributed by atoms with Gasteiger partial charge in [-0.2, -0.15) is 0 Å². The normalized spacial score (nSPS) is 12.0. The average molecular weight is 371 g/mol. The monoisotopic (exact) mass is 371 g/mol. The number of hydrogen-bond donors (Lipinski definition) is 1. The van der Waals surface area contributed by atoms with E-state index in [0.29, 0.717) is 0 Å². The van der Waals surface area contributed by atoms with Crippen molar-refractivity contribution in [1.82, 2.24) is 0 Å². The quantitative estimate of drug-likeness (QED) is 0.793. The third-order valence-corrected chi connectivity index (χ3v) is 3.62. The zero-order chi connectivity index (χ0) is 13.8. The molecule has 1 N–H and O–H groups in total. The Hall–Kier alpha value is -1.30. The highest BCUT2D eigenvalue weighted by Gasteiger charge is 2.08. The number of nitrogens with one attached hydrogen (secondary N) is 1. The van der Waals surface area contributed by atoms with E-state index in [2.05, 4.69) is 59.1 Å². The van der Waals surface area contributed by atoms with E-state index in [1.54, 1.807) is 12.1 Å². The molecule has 1 unspecified atom stereocenters. The molecule has 2 aromatic rings. The molecule has 0 aromatic heterocycles. The van der Waals surface area contributed by atoms with E-state index in [4.69, 9.17) is 4.74 Å². The van der Waals surface area contributed by atoms with Gasteiger partial charge in [0.25, 0.3) is 0 Å². The summed E-state index contributed by atoms with van der Waals surface area (Å²) < 4.78 is 19.5. The summed E-state index contributed by atoms with van der Waals surface area (Å²) in [7, 11) is 1.46. The van der Waals surface area contributed by atoms with Gasteiger partial charge in [-0.3, -0.25) is 0 Å². The van der Waals surface area contributed by atoms with Crippen LogP contribution in [-0.2, 0) is 0 Å². The van der Waals surface area contributed by atoms with Crippen LogP contribution in [0.15, 0.2) is 42.5 Å². The van der Waals surface area contributed by atoms with E-state index in [1.165, 1.54) is 22.3 Å². The summed E-state index contributed by atoms with van der Waals surface area (Å²) >= 11 is 2.28. The minimum absolute atomic E-state index is 0.146. The zero-order valence-corrected chi connectivity index (χ0v) is 12.9. The Kier molecular flexibility index (Phi) is 4.63. The number of anilines is 1. The predicted molar refractivity (Wildman–Crippen MR) is 84.1 cm³/mol. The Bertz CT molecular complexity index is 557. The van der Waals surface area contributed by atoms with Crippen LogP contribution in [0.1, 0.15) is 18.5 Å². The Labute approximate surface area is 126 Å². The van der Waals surface area contributed by atoms with Gasteiger partial charge in [-0.05, 0) is 59.3 Å². The molecule has 0 fully saturated rings. The van der Waals surface area contributed by atoms with E-state index in [9.17, 15) is 4.39 Å². The van der Waals surface area contributed by atoms with Crippen LogP contribution in [0.4, 0.5) is 10.1 Å². The van der Waals surface area contributed by atoms with E-state index in [-0.39, 0.29) is 17.6 Å². The smallest absolute Gasteiger partial charge is 0.165 e. The SMILES string of the molecule is COc1cc(NC(C)c2ccc(I)cc2)ccc1F. The molecule has 1 atom stereocenters. The highest BCUT2D eigenvalue weighted by molar-refractivity contribution is 14.1. The van der Waals surface area contributed by atoms with Crippen molar-refractivity contribution in [3.63, 3.8) is 0 Å². The number of hydrogen-bond acceptors (Lipinski definition) is 2. The molecule has 0 aliphatic carbocycles. The molecule has 0 saturated carbocycles. The Morgan fingerprint density at radius 3 is 2.47 bits per heavy atom. The lowest BCUT2D eigenvalue weighted by atomic mass is 10.1. The maximum Gasteiger partial charge on any atom is 0.165 e. The summed E-state index contributed by atoms with van der Waals surface area (Å²) in [4.78, 5) is 0. The average Bonchev–Trinajstić information content (AvgIpc) is 2.41. The molecule has 2 aromatic carbocycles. The summed E-state index contributed by atoms with van der Waals surface area (Å²) in [5, 5.41) is 3.33. The van der Waals surface area contributed by atoms with Crippen LogP contribution < -0.4 is 10.1 Å². The molecule has 0 aliphatic heterocycles. The second-order valence-electron chi connectivity index (χ2n) is 4.27. The van der Waals surface area contributed by atoms with Crippen molar-refractivity contribution in [1.29, 1.82) is 0 Å². The topological polar surface area (TPSA) is 21.3 Å². The molecule has 0 spiro atoms. The van der Waals surface area contributed by atoms with Crippen molar-refractivity contribution in [2.45, 2.75) is 13.0 Å². The van der Waals surface area contributed by atoms with Crippen LogP contribution in [0.2, 0.25) is 0 Å². The molecule has 0 aliphatic rings. The first-order valence-corrected chi connectivity index (χ1v) is 7.03. The van der Waals surface area contributed by atoms with Crippen LogP contribution in [0.3, 0.4) is 0 Å². The summed E-state index contributed by atoms with van der Waals surface area (Å²) in [6.07, 6.45) is 0. The van der Waals surface area contributed by atoms with Gasteiger partial charge in [-0.1, -0.05) is 12.1 Å². The first kappa shape index (κ1) is 14.1. The van der Waals surface area contributed by atoms with E-state index in [1.807, 2.05) is 0 Å². The second-order valence-corrected chi connectivity index (χ2v) is 5.51. The van der Waals surface area contributed by atoms with Gasteiger partial charge in [-0.25, -0.2) is 4.39 Å². The second kappa shape index (κ2) is 6.23. The Morgan fingerprint density at radius 2 is 1.84 bits per heavy atom. The molecule has 0 bridgehead atoms. The maximum atomic E-state index is 13.3. The van der Waals surface area contributed by atoms with Gasteiger partial charge in [0, 0.05) is 21.4 Å². The van der Waals surface area contributed by atoms with Crippen molar-refractivity contribution in [2.75, 3.05) is 12.4 Å². The fourth-order valence-electron chi connectivity index (χ4n) is 1.83. The fraction of sp³-hybridized carbons (Fsp3) is 0.200. The molecule has 2 nitrogen and oxygen atoms in total. The number of rotatable bonds is 4. The first-order valence-electron chi connectivity index (χ1n) is 5.95. The standard InChI is InChI=1S/C15H15FINO/c1-10(11-3-5-12(17)6-4-11)18-13-7-8-14(16)15(9-13)19-2/h3-10,18H,1-2H3. The predicted octanol–water partition coefficient (Wildman–Crippen LogP) is 4.61. The van der Waals surface area contributed by atoms with Crippen LogP contribution in [0.25, 0.3) is 0 Å². The number of halogens is 2. The van der Waals surface area contributed by atoms with Crippen LogP contribution in [0.5, 0.6) is 5.75 Å². The van der Waals surface area contributed by atoms with Gasteiger partial charge in [-0.15, -0.1) is 0 Å². The van der Waals surface area contributed by atoms with Crippen molar-refractivity contribution >= 4 is 28.3 Å². The van der Waals surface area contributed by atoms with Crippen molar-refractivity contribution in [3.8, 4) is 5.75 Å². The summed E-state index contributed by atoms with van der Waals surface area (Å²) in [6, 6.07) is 13.2. The van der Waals surface area contributed by atoms with Gasteiger partial charge in [0.05, 0.1) is 7.11 Å². The summed E-state index contributed by atoms with van der Waals surface area (Å²) in [6.45, 7) is 2.07. The minimum atomic E-state index is -0.352. The number of benzene rings is 2.